The van der Waals surface area contributed by atoms with Crippen molar-refractivity contribution in [2.24, 2.45) is 0 Å². The van der Waals surface area contributed by atoms with E-state index >= 15 is 0 Å². The van der Waals surface area contributed by atoms with Gasteiger partial charge in [0.1, 0.15) is 6.29 Å². The second kappa shape index (κ2) is 8.94. The molecule has 0 aliphatic carbocycles. The number of esters is 1. The molecule has 0 heterocycles. The van der Waals surface area contributed by atoms with E-state index in [1.165, 1.54) is 0 Å². The number of rotatable bonds is 3. The Hall–Kier alpha value is -1.64. The van der Waals surface area contributed by atoms with Gasteiger partial charge in [-0.25, -0.2) is 0 Å². The van der Waals surface area contributed by atoms with E-state index in [0.29, 0.717) is 13.0 Å². The molecule has 0 amide bonds. The molecule has 0 spiro atoms. The molecule has 0 radical (unpaired) electrons. The summed E-state index contributed by atoms with van der Waals surface area (Å²) in [5.74, 6) is -0.123. The summed E-state index contributed by atoms with van der Waals surface area (Å²) in [7, 11) is 0. The summed E-state index contributed by atoms with van der Waals surface area (Å²) in [4.78, 5) is 20.2. The minimum Gasteiger partial charge on any atom is -0.466 e. The van der Waals surface area contributed by atoms with Crippen LogP contribution in [0.4, 0.5) is 0 Å². The molecule has 0 saturated carbocycles. The summed E-state index contributed by atoms with van der Waals surface area (Å²) in [5, 5.41) is 0. The number of carbonyl (C=O) groups excluding carboxylic acids is 2. The van der Waals surface area contributed by atoms with Gasteiger partial charge in [-0.15, -0.1) is 0 Å². The third-order valence-corrected chi connectivity index (χ3v) is 1.53. The smallest absolute Gasteiger partial charge is 0.305 e. The van der Waals surface area contributed by atoms with E-state index < -0.39 is 0 Å². The fraction of sp³-hybridized carbons (Fsp3) is 0.333. The van der Waals surface area contributed by atoms with E-state index in [-0.39, 0.29) is 5.97 Å². The van der Waals surface area contributed by atoms with Crippen molar-refractivity contribution in [1.82, 2.24) is 0 Å². The lowest BCUT2D eigenvalue weighted by Gasteiger charge is -1.93. The molecule has 15 heavy (non-hydrogen) atoms. The quantitative estimate of drug-likeness (QED) is 0.566. The van der Waals surface area contributed by atoms with Crippen LogP contribution in [0.15, 0.2) is 30.3 Å². The second-order valence-corrected chi connectivity index (χ2v) is 2.69. The lowest BCUT2D eigenvalue weighted by Crippen LogP contribution is -2.00. The number of hydrogen-bond acceptors (Lipinski definition) is 3. The van der Waals surface area contributed by atoms with Crippen LogP contribution in [-0.2, 0) is 9.53 Å². The summed E-state index contributed by atoms with van der Waals surface area (Å²) in [6, 6.07) is 9.10. The van der Waals surface area contributed by atoms with Crippen molar-refractivity contribution < 1.29 is 14.3 Å². The van der Waals surface area contributed by atoms with Crippen molar-refractivity contribution in [3.05, 3.63) is 35.9 Å². The highest BCUT2D eigenvalue weighted by molar-refractivity contribution is 5.74. The van der Waals surface area contributed by atoms with Gasteiger partial charge in [0.15, 0.2) is 0 Å². The normalized spacial score (nSPS) is 8.40. The monoisotopic (exact) mass is 208 g/mol. The Morgan fingerprint density at radius 1 is 1.27 bits per heavy atom. The third kappa shape index (κ3) is 7.43. The van der Waals surface area contributed by atoms with Crippen LogP contribution >= 0.6 is 0 Å². The molecule has 0 aliphatic heterocycles. The number of carbonyl (C=O) groups is 2. The number of benzene rings is 1. The van der Waals surface area contributed by atoms with Crippen LogP contribution in [0.5, 0.6) is 0 Å². The third-order valence-electron chi connectivity index (χ3n) is 1.53. The van der Waals surface area contributed by atoms with Crippen LogP contribution in [0.2, 0.25) is 0 Å². The van der Waals surface area contributed by atoms with Crippen LogP contribution in [0, 0.1) is 0 Å². The fourth-order valence-electron chi connectivity index (χ4n) is 0.795. The Bertz CT molecular complexity index is 280. The largest absolute Gasteiger partial charge is 0.466 e. The van der Waals surface area contributed by atoms with Crippen molar-refractivity contribution >= 4 is 12.3 Å². The van der Waals surface area contributed by atoms with Crippen LogP contribution in [0.1, 0.15) is 30.6 Å². The summed E-state index contributed by atoms with van der Waals surface area (Å²) in [6.45, 7) is 4.07. The predicted molar refractivity (Wildman–Crippen MR) is 58.8 cm³/mol. The lowest BCUT2D eigenvalue weighted by atomic mass is 10.2. The maximum atomic E-state index is 10.2. The van der Waals surface area contributed by atoms with Gasteiger partial charge >= 0.3 is 5.97 Å². The molecule has 0 fully saturated rings. The van der Waals surface area contributed by atoms with E-state index in [1.807, 2.05) is 18.2 Å². The Balaban J connectivity index is 0.000000265. The molecule has 1 aromatic carbocycles. The van der Waals surface area contributed by atoms with Crippen molar-refractivity contribution in [3.63, 3.8) is 0 Å². The minimum absolute atomic E-state index is 0.123. The Morgan fingerprint density at radius 2 is 1.87 bits per heavy atom. The first-order chi connectivity index (χ1) is 7.24. The highest BCUT2D eigenvalue weighted by Gasteiger charge is 1.91. The van der Waals surface area contributed by atoms with Crippen LogP contribution in [-0.4, -0.2) is 18.9 Å². The summed E-state index contributed by atoms with van der Waals surface area (Å²) < 4.78 is 4.55. The van der Waals surface area contributed by atoms with Gasteiger partial charge in [-0.1, -0.05) is 37.3 Å². The SMILES string of the molecule is CCOC(=O)CC.O=Cc1ccccc1. The van der Waals surface area contributed by atoms with Gasteiger partial charge < -0.3 is 4.74 Å². The zero-order chi connectivity index (χ0) is 11.5. The first-order valence-electron chi connectivity index (χ1n) is 4.90. The molecular weight excluding hydrogens is 192 g/mol. The average Bonchev–Trinajstić information content (AvgIpc) is 2.31. The van der Waals surface area contributed by atoms with E-state index in [2.05, 4.69) is 4.74 Å². The molecule has 0 atom stereocenters. The average molecular weight is 208 g/mol. The van der Waals surface area contributed by atoms with Crippen LogP contribution < -0.4 is 0 Å². The first-order valence-corrected chi connectivity index (χ1v) is 4.90. The molecule has 3 nitrogen and oxygen atoms in total. The lowest BCUT2D eigenvalue weighted by molar-refractivity contribution is -0.142. The predicted octanol–water partition coefficient (Wildman–Crippen LogP) is 2.46. The summed E-state index contributed by atoms with van der Waals surface area (Å²) in [5.41, 5.74) is 0.729. The van der Waals surface area contributed by atoms with Gasteiger partial charge in [-0.05, 0) is 6.92 Å². The topological polar surface area (TPSA) is 43.4 Å². The molecule has 0 aliphatic rings. The molecule has 0 unspecified atom stereocenters. The van der Waals surface area contributed by atoms with Crippen LogP contribution in [0.25, 0.3) is 0 Å². The maximum absolute atomic E-state index is 10.2. The fourth-order valence-corrected chi connectivity index (χ4v) is 0.795. The molecule has 0 N–H and O–H groups in total. The van der Waals surface area contributed by atoms with Crippen molar-refractivity contribution in [3.8, 4) is 0 Å². The standard InChI is InChI=1S/C7H6O.C5H10O2/c8-6-7-4-2-1-3-5-7;1-3-5(6)7-4-2/h1-6H;3-4H2,1-2H3. The zero-order valence-electron chi connectivity index (χ0n) is 9.10. The van der Waals surface area contributed by atoms with Crippen LogP contribution in [0.3, 0.4) is 0 Å². The molecule has 82 valence electrons. The number of ether oxygens (including phenoxy) is 1. The maximum Gasteiger partial charge on any atom is 0.305 e. The Morgan fingerprint density at radius 3 is 2.13 bits per heavy atom. The number of aldehydes is 1. The van der Waals surface area contributed by atoms with Gasteiger partial charge in [-0.3, -0.25) is 9.59 Å². The molecule has 1 aromatic rings. The van der Waals surface area contributed by atoms with Gasteiger partial charge in [0.05, 0.1) is 6.61 Å². The molecule has 1 rings (SSSR count). The highest BCUT2D eigenvalue weighted by Crippen LogP contribution is 1.91. The van der Waals surface area contributed by atoms with Gasteiger partial charge in [0.25, 0.3) is 0 Å². The van der Waals surface area contributed by atoms with Gasteiger partial charge in [0.2, 0.25) is 0 Å². The first kappa shape index (κ1) is 13.4. The Labute approximate surface area is 90.1 Å². The second-order valence-electron chi connectivity index (χ2n) is 2.69. The Kier molecular flexibility index (Phi) is 7.96. The van der Waals surface area contributed by atoms with E-state index in [4.69, 9.17) is 0 Å². The van der Waals surface area contributed by atoms with E-state index in [0.717, 1.165) is 11.8 Å². The summed E-state index contributed by atoms with van der Waals surface area (Å²) >= 11 is 0. The van der Waals surface area contributed by atoms with E-state index in [9.17, 15) is 9.59 Å². The van der Waals surface area contributed by atoms with Gasteiger partial charge in [-0.2, -0.15) is 0 Å². The molecule has 3 heteroatoms. The van der Waals surface area contributed by atoms with Gasteiger partial charge in [0, 0.05) is 12.0 Å². The highest BCUT2D eigenvalue weighted by atomic mass is 16.5. The molecule has 0 saturated heterocycles. The molecule has 0 aromatic heterocycles. The zero-order valence-corrected chi connectivity index (χ0v) is 9.10. The molecule has 0 bridgehead atoms. The minimum atomic E-state index is -0.123. The number of hydrogen-bond donors (Lipinski definition) is 0. The van der Waals surface area contributed by atoms with Crippen molar-refractivity contribution in [2.75, 3.05) is 6.61 Å². The molecular formula is C12H16O3. The van der Waals surface area contributed by atoms with E-state index in [1.54, 1.807) is 26.0 Å². The van der Waals surface area contributed by atoms with Crippen molar-refractivity contribution in [2.45, 2.75) is 20.3 Å². The van der Waals surface area contributed by atoms with Crippen molar-refractivity contribution in [1.29, 1.82) is 0 Å². The summed E-state index contributed by atoms with van der Waals surface area (Å²) in [6.07, 6.45) is 1.31.